The van der Waals surface area contributed by atoms with Crippen molar-refractivity contribution in [2.75, 3.05) is 7.11 Å². The zero-order valence-electron chi connectivity index (χ0n) is 19.4. The highest BCUT2D eigenvalue weighted by molar-refractivity contribution is 5.98. The van der Waals surface area contributed by atoms with Crippen LogP contribution in [0, 0.1) is 0 Å². The van der Waals surface area contributed by atoms with Gasteiger partial charge in [0, 0.05) is 6.42 Å². The highest BCUT2D eigenvalue weighted by Gasteiger charge is 2.45. The normalized spacial score (nSPS) is 11.9. The Kier molecular flexibility index (Phi) is 7.27. The Hall–Kier alpha value is -4.38. The molecule has 0 saturated heterocycles. The first-order chi connectivity index (χ1) is 17.1. The number of hydrogen-bond acceptors (Lipinski definition) is 3. The predicted octanol–water partition coefficient (Wildman–Crippen LogP) is 4.84. The Morgan fingerprint density at radius 3 is 1.54 bits per heavy atom. The van der Waals surface area contributed by atoms with E-state index in [1.165, 1.54) is 0 Å². The van der Waals surface area contributed by atoms with Crippen molar-refractivity contribution in [3.05, 3.63) is 138 Å². The fourth-order valence-electron chi connectivity index (χ4n) is 4.42. The number of amides is 1. The minimum absolute atomic E-state index is 0.138. The fourth-order valence-corrected chi connectivity index (χ4v) is 4.42. The molecule has 0 aliphatic rings. The van der Waals surface area contributed by atoms with Crippen molar-refractivity contribution < 1.29 is 19.4 Å². The zero-order valence-corrected chi connectivity index (χ0v) is 19.4. The van der Waals surface area contributed by atoms with Gasteiger partial charge in [-0.1, -0.05) is 103 Å². The van der Waals surface area contributed by atoms with E-state index in [-0.39, 0.29) is 6.42 Å². The lowest BCUT2D eigenvalue weighted by Gasteiger charge is -2.35. The highest BCUT2D eigenvalue weighted by atomic mass is 16.5. The zero-order chi connectivity index (χ0) is 24.7. The Morgan fingerprint density at radius 1 is 0.743 bits per heavy atom. The summed E-state index contributed by atoms with van der Waals surface area (Å²) in [6.07, 6.45) is 0.138. The summed E-state index contributed by atoms with van der Waals surface area (Å²) in [6.45, 7) is 0. The number of ether oxygens (including phenoxy) is 1. The third kappa shape index (κ3) is 4.94. The topological polar surface area (TPSA) is 75.6 Å². The molecule has 0 fully saturated rings. The number of benzene rings is 4. The molecule has 2 N–H and O–H groups in total. The van der Waals surface area contributed by atoms with Crippen molar-refractivity contribution in [2.24, 2.45) is 0 Å². The van der Waals surface area contributed by atoms with Crippen LogP contribution in [0.15, 0.2) is 115 Å². The number of carbonyl (C=O) groups excluding carboxylic acids is 1. The lowest BCUT2D eigenvalue weighted by atomic mass is 9.68. The van der Waals surface area contributed by atoms with Crippen LogP contribution in [0.2, 0.25) is 0 Å². The van der Waals surface area contributed by atoms with Crippen LogP contribution in [-0.4, -0.2) is 30.1 Å². The van der Waals surface area contributed by atoms with Crippen molar-refractivity contribution in [3.8, 4) is 5.75 Å². The quantitative estimate of drug-likeness (QED) is 0.347. The van der Waals surface area contributed by atoms with Crippen LogP contribution >= 0.6 is 0 Å². The number of rotatable bonds is 9. The molecule has 0 aliphatic heterocycles. The van der Waals surface area contributed by atoms with Crippen LogP contribution in [0.3, 0.4) is 0 Å². The molecule has 0 unspecified atom stereocenters. The van der Waals surface area contributed by atoms with Crippen LogP contribution in [0.4, 0.5) is 0 Å². The summed E-state index contributed by atoms with van der Waals surface area (Å²) in [5.74, 6) is -0.819. The van der Waals surface area contributed by atoms with Gasteiger partial charge < -0.3 is 15.2 Å². The fraction of sp³-hybridized carbons (Fsp3) is 0.133. The van der Waals surface area contributed by atoms with Gasteiger partial charge in [0.25, 0.3) is 0 Å². The van der Waals surface area contributed by atoms with Crippen molar-refractivity contribution in [1.82, 2.24) is 5.32 Å². The summed E-state index contributed by atoms with van der Waals surface area (Å²) < 4.78 is 5.19. The second-order valence-corrected chi connectivity index (χ2v) is 8.26. The first-order valence-corrected chi connectivity index (χ1v) is 11.4. The molecule has 4 aromatic rings. The predicted molar refractivity (Wildman–Crippen MR) is 135 cm³/mol. The molecule has 4 aromatic carbocycles. The Labute approximate surface area is 205 Å². The molecule has 1 atom stereocenters. The average Bonchev–Trinajstić information content (AvgIpc) is 2.91. The summed E-state index contributed by atoms with van der Waals surface area (Å²) in [5.41, 5.74) is 1.80. The number of hydrogen-bond donors (Lipinski definition) is 2. The number of methoxy groups -OCH3 is 1. The van der Waals surface area contributed by atoms with Crippen molar-refractivity contribution in [1.29, 1.82) is 0 Å². The van der Waals surface area contributed by atoms with Gasteiger partial charge in [0.15, 0.2) is 0 Å². The second kappa shape index (κ2) is 10.7. The summed E-state index contributed by atoms with van der Waals surface area (Å²) in [7, 11) is 1.58. The molecule has 5 heteroatoms. The number of carboxylic acids is 1. The highest BCUT2D eigenvalue weighted by Crippen LogP contribution is 2.39. The summed E-state index contributed by atoms with van der Waals surface area (Å²) in [4.78, 5) is 26.5. The smallest absolute Gasteiger partial charge is 0.326 e. The molecule has 1 amide bonds. The minimum atomic E-state index is -1.24. The molecule has 0 bridgehead atoms. The van der Waals surface area contributed by atoms with E-state index in [1.54, 1.807) is 31.4 Å². The van der Waals surface area contributed by atoms with Gasteiger partial charge in [-0.2, -0.15) is 0 Å². The van der Waals surface area contributed by atoms with Gasteiger partial charge in [0.05, 0.1) is 7.11 Å². The summed E-state index contributed by atoms with van der Waals surface area (Å²) in [5, 5.41) is 12.9. The van der Waals surface area contributed by atoms with Crippen molar-refractivity contribution in [2.45, 2.75) is 17.9 Å². The monoisotopic (exact) mass is 465 g/mol. The standard InChI is InChI=1S/C30H27NO4/c1-35-26-19-17-22(18-20-26)21-27(28(32)33)31-29(34)30(23-11-5-2-6-12-23,24-13-7-3-8-14-24)25-15-9-4-10-16-25/h2-20,27H,21H2,1H3,(H,31,34)(H,32,33)/t27-/m0/s1. The molecule has 35 heavy (non-hydrogen) atoms. The first kappa shape index (κ1) is 23.8. The van der Waals surface area contributed by atoms with Gasteiger partial charge in [-0.05, 0) is 34.4 Å². The summed E-state index contributed by atoms with van der Waals surface area (Å²) in [6, 6.07) is 34.4. The Balaban J connectivity index is 1.80. The number of carbonyl (C=O) groups is 2. The van der Waals surface area contributed by atoms with E-state index in [0.29, 0.717) is 5.75 Å². The maximum atomic E-state index is 14.3. The van der Waals surface area contributed by atoms with Crippen molar-refractivity contribution >= 4 is 11.9 Å². The first-order valence-electron chi connectivity index (χ1n) is 11.4. The molecule has 0 aliphatic carbocycles. The lowest BCUT2D eigenvalue weighted by molar-refractivity contribution is -0.142. The molecule has 176 valence electrons. The number of carboxylic acid groups (broad SMARTS) is 1. The third-order valence-corrected chi connectivity index (χ3v) is 6.16. The molecule has 0 aromatic heterocycles. The lowest BCUT2D eigenvalue weighted by Crippen LogP contribution is -2.52. The second-order valence-electron chi connectivity index (χ2n) is 8.26. The maximum absolute atomic E-state index is 14.3. The Morgan fingerprint density at radius 2 is 1.17 bits per heavy atom. The van der Waals surface area contributed by atoms with Crippen molar-refractivity contribution in [3.63, 3.8) is 0 Å². The average molecular weight is 466 g/mol. The van der Waals surface area contributed by atoms with Gasteiger partial charge in [-0.15, -0.1) is 0 Å². The SMILES string of the molecule is COc1ccc(C[C@H](NC(=O)C(c2ccccc2)(c2ccccc2)c2ccccc2)C(=O)O)cc1. The molecular weight excluding hydrogens is 438 g/mol. The van der Waals surface area contributed by atoms with E-state index in [4.69, 9.17) is 4.74 Å². The van der Waals surface area contributed by atoms with Crippen LogP contribution in [0.25, 0.3) is 0 Å². The molecule has 4 rings (SSSR count). The summed E-state index contributed by atoms with van der Waals surface area (Å²) >= 11 is 0. The number of nitrogens with one attached hydrogen (secondary N) is 1. The van der Waals surface area contributed by atoms with Crippen LogP contribution in [0.5, 0.6) is 5.75 Å². The number of aliphatic carboxylic acids is 1. The van der Waals surface area contributed by atoms with E-state index in [1.807, 2.05) is 91.0 Å². The molecular formula is C30H27NO4. The third-order valence-electron chi connectivity index (χ3n) is 6.16. The largest absolute Gasteiger partial charge is 0.497 e. The van der Waals surface area contributed by atoms with Crippen LogP contribution < -0.4 is 10.1 Å². The van der Waals surface area contributed by atoms with Gasteiger partial charge in [0.2, 0.25) is 5.91 Å². The van der Waals surface area contributed by atoms with Gasteiger partial charge in [-0.3, -0.25) is 4.79 Å². The molecule has 0 radical (unpaired) electrons. The van der Waals surface area contributed by atoms with E-state index in [9.17, 15) is 14.7 Å². The van der Waals surface area contributed by atoms with Crippen LogP contribution in [0.1, 0.15) is 22.3 Å². The maximum Gasteiger partial charge on any atom is 0.326 e. The van der Waals surface area contributed by atoms with E-state index < -0.39 is 23.3 Å². The van der Waals surface area contributed by atoms with E-state index >= 15 is 0 Å². The molecule has 0 saturated carbocycles. The van der Waals surface area contributed by atoms with Gasteiger partial charge in [-0.25, -0.2) is 4.79 Å². The van der Waals surface area contributed by atoms with E-state index in [0.717, 1.165) is 22.3 Å². The van der Waals surface area contributed by atoms with E-state index in [2.05, 4.69) is 5.32 Å². The Bertz CT molecular complexity index is 1160. The molecule has 0 spiro atoms. The van der Waals surface area contributed by atoms with Gasteiger partial charge in [0.1, 0.15) is 17.2 Å². The van der Waals surface area contributed by atoms with Gasteiger partial charge >= 0.3 is 5.97 Å². The minimum Gasteiger partial charge on any atom is -0.497 e. The molecule has 0 heterocycles. The molecule has 5 nitrogen and oxygen atoms in total. The van der Waals surface area contributed by atoms with Crippen LogP contribution in [-0.2, 0) is 21.4 Å².